The van der Waals surface area contributed by atoms with Crippen molar-refractivity contribution >= 4 is 23.2 Å². The Hall–Kier alpha value is -3.04. The molecule has 0 radical (unpaired) electrons. The van der Waals surface area contributed by atoms with Gasteiger partial charge in [0, 0.05) is 60.9 Å². The summed E-state index contributed by atoms with van der Waals surface area (Å²) in [7, 11) is 0. The van der Waals surface area contributed by atoms with E-state index < -0.39 is 0 Å². The van der Waals surface area contributed by atoms with Gasteiger partial charge in [-0.05, 0) is 82.0 Å². The van der Waals surface area contributed by atoms with Gasteiger partial charge >= 0.3 is 0 Å². The summed E-state index contributed by atoms with van der Waals surface area (Å²) in [5, 5.41) is 24.2. The molecule has 0 heterocycles. The molecule has 0 bridgehead atoms. The Kier molecular flexibility index (Phi) is 12.7. The summed E-state index contributed by atoms with van der Waals surface area (Å²) in [5.41, 5.74) is 7.33. The fraction of sp³-hybridized carbons (Fsp3) is 0.368. The first kappa shape index (κ1) is 36.2. The molecule has 0 aromatic heterocycles. The van der Waals surface area contributed by atoms with E-state index in [-0.39, 0.29) is 48.5 Å². The maximum Gasteiger partial charge on any atom is 0.128 e. The van der Waals surface area contributed by atoms with Crippen molar-refractivity contribution in [1.29, 1.82) is 0 Å². The second-order valence-corrected chi connectivity index (χ2v) is 12.9. The SMILES string of the molecule is CC.Cc1cc(C=NCc2cc3ccccc3cc2CN=Cc2cc(C)cc(C(C)(C)C)c2O)c(O)c(C(C)(C)C)c1.[Zr]. The molecule has 0 atom stereocenters. The van der Waals surface area contributed by atoms with Crippen LogP contribution in [0, 0.1) is 13.8 Å². The van der Waals surface area contributed by atoms with Crippen LogP contribution in [0.3, 0.4) is 0 Å². The molecule has 4 aromatic rings. The minimum Gasteiger partial charge on any atom is -0.507 e. The van der Waals surface area contributed by atoms with Crippen LogP contribution in [0.5, 0.6) is 11.5 Å². The van der Waals surface area contributed by atoms with Crippen LogP contribution in [-0.4, -0.2) is 22.6 Å². The summed E-state index contributed by atoms with van der Waals surface area (Å²) in [4.78, 5) is 9.52. The molecule has 4 rings (SSSR count). The van der Waals surface area contributed by atoms with Crippen molar-refractivity contribution in [3.63, 3.8) is 0 Å². The predicted octanol–water partition coefficient (Wildman–Crippen LogP) is 9.72. The average Bonchev–Trinajstić information content (AvgIpc) is 2.92. The van der Waals surface area contributed by atoms with Gasteiger partial charge in [0.25, 0.3) is 0 Å². The van der Waals surface area contributed by atoms with Crippen molar-refractivity contribution < 1.29 is 36.4 Å². The van der Waals surface area contributed by atoms with Gasteiger partial charge in [0.15, 0.2) is 0 Å². The number of aliphatic imine (C=N–C) groups is 2. The van der Waals surface area contributed by atoms with E-state index in [1.54, 1.807) is 12.4 Å². The average molecular weight is 656 g/mol. The van der Waals surface area contributed by atoms with E-state index in [1.165, 1.54) is 0 Å². The second kappa shape index (κ2) is 15.1. The molecular weight excluding hydrogens is 608 g/mol. The second-order valence-electron chi connectivity index (χ2n) is 12.9. The van der Waals surface area contributed by atoms with Crippen LogP contribution in [0.15, 0.2) is 70.6 Å². The number of hydrogen-bond donors (Lipinski definition) is 2. The summed E-state index contributed by atoms with van der Waals surface area (Å²) in [6.45, 7) is 21.6. The zero-order valence-corrected chi connectivity index (χ0v) is 30.1. The number of nitrogens with zero attached hydrogens (tertiary/aromatic N) is 2. The van der Waals surface area contributed by atoms with Crippen molar-refractivity contribution in [1.82, 2.24) is 0 Å². The number of hydrogen-bond acceptors (Lipinski definition) is 4. The van der Waals surface area contributed by atoms with Crippen LogP contribution in [0.25, 0.3) is 10.8 Å². The predicted molar refractivity (Wildman–Crippen MR) is 181 cm³/mol. The Morgan fingerprint density at radius 1 is 0.605 bits per heavy atom. The van der Waals surface area contributed by atoms with Gasteiger partial charge < -0.3 is 10.2 Å². The maximum absolute atomic E-state index is 10.9. The molecule has 0 saturated heterocycles. The summed E-state index contributed by atoms with van der Waals surface area (Å²) in [6.07, 6.45) is 3.55. The molecule has 0 aliphatic heterocycles. The Morgan fingerprint density at radius 3 is 1.28 bits per heavy atom. The van der Waals surface area contributed by atoms with Gasteiger partial charge in [-0.3, -0.25) is 9.98 Å². The first-order valence-corrected chi connectivity index (χ1v) is 14.9. The molecule has 43 heavy (non-hydrogen) atoms. The Labute approximate surface area is 278 Å². The topological polar surface area (TPSA) is 65.2 Å². The fourth-order valence-corrected chi connectivity index (χ4v) is 5.07. The molecule has 0 unspecified atom stereocenters. The van der Waals surface area contributed by atoms with Crippen LogP contribution < -0.4 is 0 Å². The molecule has 4 aromatic carbocycles. The van der Waals surface area contributed by atoms with E-state index in [1.807, 2.05) is 64.1 Å². The van der Waals surface area contributed by atoms with Crippen LogP contribution >= 0.6 is 0 Å². The third-order valence-corrected chi connectivity index (χ3v) is 7.24. The first-order chi connectivity index (χ1) is 19.7. The number of aromatic hydroxyl groups is 2. The standard InChI is InChI=1S/C36H42N2O2.C2H6.Zr/c1-23-13-29(33(39)31(15-23)35(3,4)5)21-37-19-27-17-25-11-9-10-12-26(25)18-28(27)20-38-22-30-14-24(2)16-32(34(30)40)36(6,7)8;1-2;/h9-18,21-22,39-40H,19-20H2,1-8H3;1-2H3;. The normalized spacial score (nSPS) is 12.0. The van der Waals surface area contributed by atoms with Crippen molar-refractivity contribution in [3.05, 3.63) is 105 Å². The van der Waals surface area contributed by atoms with Gasteiger partial charge in [0.05, 0.1) is 13.1 Å². The molecular formula is C38H48N2O2Zr. The van der Waals surface area contributed by atoms with E-state index >= 15 is 0 Å². The van der Waals surface area contributed by atoms with Crippen molar-refractivity contribution in [3.8, 4) is 11.5 Å². The Bertz CT molecular complexity index is 1490. The monoisotopic (exact) mass is 654 g/mol. The molecule has 0 saturated carbocycles. The Morgan fingerprint density at radius 2 is 0.953 bits per heavy atom. The molecule has 0 fully saturated rings. The van der Waals surface area contributed by atoms with Crippen molar-refractivity contribution in [2.24, 2.45) is 9.98 Å². The summed E-state index contributed by atoms with van der Waals surface area (Å²) in [6, 6.07) is 20.7. The number of phenols is 2. The number of aryl methyl sites for hydroxylation is 2. The largest absolute Gasteiger partial charge is 0.507 e. The first-order valence-electron chi connectivity index (χ1n) is 14.9. The fourth-order valence-electron chi connectivity index (χ4n) is 5.07. The summed E-state index contributed by atoms with van der Waals surface area (Å²) < 4.78 is 0. The van der Waals surface area contributed by atoms with E-state index in [4.69, 9.17) is 9.98 Å². The number of phenolic OH excluding ortho intramolecular Hbond substituents is 2. The van der Waals surface area contributed by atoms with E-state index in [2.05, 4.69) is 65.8 Å². The minimum atomic E-state index is -0.165. The number of benzene rings is 4. The van der Waals surface area contributed by atoms with Crippen LogP contribution in [0.4, 0.5) is 0 Å². The molecule has 0 spiro atoms. The van der Waals surface area contributed by atoms with Gasteiger partial charge in [-0.1, -0.05) is 91.8 Å². The molecule has 0 aliphatic carbocycles. The number of fused-ring (bicyclic) bond motifs is 1. The molecule has 2 N–H and O–H groups in total. The molecule has 0 aliphatic rings. The molecule has 0 amide bonds. The van der Waals surface area contributed by atoms with Crippen molar-refractivity contribution in [2.75, 3.05) is 0 Å². The molecule has 5 heteroatoms. The van der Waals surface area contributed by atoms with Gasteiger partial charge in [-0.25, -0.2) is 0 Å². The summed E-state index contributed by atoms with van der Waals surface area (Å²) in [5.74, 6) is 0.579. The number of rotatable bonds is 6. The zero-order valence-electron chi connectivity index (χ0n) is 27.6. The zero-order chi connectivity index (χ0) is 31.2. The van der Waals surface area contributed by atoms with Crippen molar-refractivity contribution in [2.45, 2.75) is 93.2 Å². The smallest absolute Gasteiger partial charge is 0.128 e. The van der Waals surface area contributed by atoms with Gasteiger partial charge in [0.1, 0.15) is 11.5 Å². The third kappa shape index (κ3) is 9.23. The summed E-state index contributed by atoms with van der Waals surface area (Å²) >= 11 is 0. The Balaban J connectivity index is 0.00000211. The van der Waals surface area contributed by atoms with Crippen LogP contribution in [0.1, 0.15) is 99.9 Å². The third-order valence-electron chi connectivity index (χ3n) is 7.24. The minimum absolute atomic E-state index is 0. The van der Waals surface area contributed by atoms with Crippen LogP contribution in [-0.2, 0) is 50.1 Å². The molecule has 4 nitrogen and oxygen atoms in total. The maximum atomic E-state index is 10.9. The van der Waals surface area contributed by atoms with Gasteiger partial charge in [-0.2, -0.15) is 0 Å². The molecule has 226 valence electrons. The van der Waals surface area contributed by atoms with E-state index in [0.29, 0.717) is 13.1 Å². The van der Waals surface area contributed by atoms with E-state index in [0.717, 1.165) is 55.3 Å². The van der Waals surface area contributed by atoms with Crippen LogP contribution in [0.2, 0.25) is 0 Å². The van der Waals surface area contributed by atoms with Gasteiger partial charge in [-0.15, -0.1) is 0 Å². The quantitative estimate of drug-likeness (QED) is 0.203. The van der Waals surface area contributed by atoms with E-state index in [9.17, 15) is 10.2 Å². The van der Waals surface area contributed by atoms with Gasteiger partial charge in [0.2, 0.25) is 0 Å².